The number of carbonyl (C=O) groups excluding carboxylic acids is 1. The summed E-state index contributed by atoms with van der Waals surface area (Å²) in [7, 11) is 0. The highest BCUT2D eigenvalue weighted by Gasteiger charge is 2.06. The largest absolute Gasteiger partial charge is 0.460 e. The summed E-state index contributed by atoms with van der Waals surface area (Å²) in [6.45, 7) is 3.56. The Morgan fingerprint density at radius 1 is 1.33 bits per heavy atom. The quantitative estimate of drug-likeness (QED) is 0.635. The molecule has 1 heterocycles. The van der Waals surface area contributed by atoms with E-state index in [9.17, 15) is 4.79 Å². The molecule has 0 saturated carbocycles. The summed E-state index contributed by atoms with van der Waals surface area (Å²) >= 11 is 11.8. The lowest BCUT2D eigenvalue weighted by atomic mass is 10.2. The maximum Gasteiger partial charge on any atom is 0.332 e. The van der Waals surface area contributed by atoms with Crippen LogP contribution in [0, 0.1) is 0 Å². The van der Waals surface area contributed by atoms with Crippen molar-refractivity contribution in [1.29, 1.82) is 0 Å². The van der Waals surface area contributed by atoms with Crippen molar-refractivity contribution in [2.24, 2.45) is 0 Å². The molecule has 5 nitrogen and oxygen atoms in total. The maximum atomic E-state index is 11.4. The van der Waals surface area contributed by atoms with Crippen LogP contribution in [0.2, 0.25) is 10.0 Å². The van der Waals surface area contributed by atoms with E-state index in [0.29, 0.717) is 15.9 Å². The van der Waals surface area contributed by atoms with E-state index in [1.807, 2.05) is 0 Å². The molecule has 0 amide bonds. The molecule has 0 aliphatic rings. The zero-order chi connectivity index (χ0) is 15.4. The van der Waals surface area contributed by atoms with Crippen molar-refractivity contribution >= 4 is 35.4 Å². The minimum atomic E-state index is -0.434. The minimum Gasteiger partial charge on any atom is -0.460 e. The van der Waals surface area contributed by atoms with Crippen LogP contribution in [0.25, 0.3) is 17.6 Å². The van der Waals surface area contributed by atoms with Crippen LogP contribution >= 0.6 is 23.2 Å². The first kappa shape index (κ1) is 15.5. The predicted molar refractivity (Wildman–Crippen MR) is 82.0 cm³/mol. The Labute approximate surface area is 132 Å². The van der Waals surface area contributed by atoms with E-state index in [-0.39, 0.29) is 6.10 Å². The SMILES string of the molecule is CC(C)OC(=O)/C=C\n1cnc(-c2ccc(Cl)c(Cl)c2)n1. The maximum absolute atomic E-state index is 11.4. The van der Waals surface area contributed by atoms with Crippen molar-refractivity contribution in [3.8, 4) is 11.4 Å². The highest BCUT2D eigenvalue weighted by molar-refractivity contribution is 6.42. The molecule has 0 atom stereocenters. The number of rotatable bonds is 4. The average Bonchev–Trinajstić information content (AvgIpc) is 2.88. The number of hydrogen-bond acceptors (Lipinski definition) is 4. The van der Waals surface area contributed by atoms with Gasteiger partial charge in [0, 0.05) is 17.8 Å². The third-order valence-corrected chi connectivity index (χ3v) is 3.14. The second kappa shape index (κ2) is 6.74. The lowest BCUT2D eigenvalue weighted by molar-refractivity contribution is -0.141. The molecule has 1 aromatic carbocycles. The molecule has 0 bridgehead atoms. The van der Waals surface area contributed by atoms with Crippen LogP contribution in [0.5, 0.6) is 0 Å². The van der Waals surface area contributed by atoms with Gasteiger partial charge in [-0.3, -0.25) is 0 Å². The Balaban J connectivity index is 2.12. The van der Waals surface area contributed by atoms with Gasteiger partial charge in [0.25, 0.3) is 0 Å². The first-order valence-electron chi connectivity index (χ1n) is 6.21. The first-order valence-corrected chi connectivity index (χ1v) is 6.96. The van der Waals surface area contributed by atoms with Crippen molar-refractivity contribution in [2.75, 3.05) is 0 Å². The zero-order valence-electron chi connectivity index (χ0n) is 11.5. The fraction of sp³-hybridized carbons (Fsp3) is 0.214. The summed E-state index contributed by atoms with van der Waals surface area (Å²) in [5.41, 5.74) is 0.737. The summed E-state index contributed by atoms with van der Waals surface area (Å²) in [5.74, 6) is 0.0482. The highest BCUT2D eigenvalue weighted by Crippen LogP contribution is 2.26. The van der Waals surface area contributed by atoms with Gasteiger partial charge in [-0.1, -0.05) is 23.2 Å². The average molecular weight is 326 g/mol. The number of carbonyl (C=O) groups is 1. The van der Waals surface area contributed by atoms with Crippen LogP contribution in [0.1, 0.15) is 13.8 Å². The molecule has 0 fully saturated rings. The Kier molecular flexibility index (Phi) is 4.98. The van der Waals surface area contributed by atoms with Gasteiger partial charge < -0.3 is 4.74 Å². The monoisotopic (exact) mass is 325 g/mol. The number of benzene rings is 1. The van der Waals surface area contributed by atoms with E-state index in [1.165, 1.54) is 23.3 Å². The van der Waals surface area contributed by atoms with Gasteiger partial charge in [-0.15, -0.1) is 5.10 Å². The number of hydrogen-bond donors (Lipinski definition) is 0. The van der Waals surface area contributed by atoms with Gasteiger partial charge in [-0.2, -0.15) is 0 Å². The van der Waals surface area contributed by atoms with Crippen LogP contribution in [0.15, 0.2) is 30.6 Å². The van der Waals surface area contributed by atoms with Gasteiger partial charge in [-0.05, 0) is 32.0 Å². The van der Waals surface area contributed by atoms with Gasteiger partial charge >= 0.3 is 5.97 Å². The Bertz CT molecular complexity index is 681. The third-order valence-electron chi connectivity index (χ3n) is 2.40. The third kappa shape index (κ3) is 4.31. The van der Waals surface area contributed by atoms with Crippen LogP contribution < -0.4 is 0 Å². The molecule has 0 unspecified atom stereocenters. The smallest absolute Gasteiger partial charge is 0.332 e. The molecule has 0 radical (unpaired) electrons. The Hall–Kier alpha value is -1.85. The molecular weight excluding hydrogens is 313 g/mol. The van der Waals surface area contributed by atoms with Crippen molar-refractivity contribution in [3.63, 3.8) is 0 Å². The fourth-order valence-corrected chi connectivity index (χ4v) is 1.82. The standard InChI is InChI=1S/C14H13Cl2N3O2/c1-9(2)21-13(20)5-6-19-8-17-14(18-19)10-3-4-11(15)12(16)7-10/h3-9H,1-2H3/b6-5-. The van der Waals surface area contributed by atoms with Crippen LogP contribution in [-0.4, -0.2) is 26.8 Å². The lowest BCUT2D eigenvalue weighted by Gasteiger charge is -2.03. The summed E-state index contributed by atoms with van der Waals surface area (Å²) in [6.07, 6.45) is 4.08. The van der Waals surface area contributed by atoms with Crippen molar-refractivity contribution in [2.45, 2.75) is 20.0 Å². The van der Waals surface area contributed by atoms with E-state index >= 15 is 0 Å². The van der Waals surface area contributed by atoms with Crippen molar-refractivity contribution in [3.05, 3.63) is 40.6 Å². The molecule has 2 rings (SSSR count). The Morgan fingerprint density at radius 2 is 2.10 bits per heavy atom. The number of ether oxygens (including phenoxy) is 1. The van der Waals surface area contributed by atoms with Gasteiger partial charge in [0.2, 0.25) is 0 Å². The number of aromatic nitrogens is 3. The van der Waals surface area contributed by atoms with E-state index < -0.39 is 5.97 Å². The zero-order valence-corrected chi connectivity index (χ0v) is 13.0. The Morgan fingerprint density at radius 3 is 2.76 bits per heavy atom. The van der Waals surface area contributed by atoms with Crippen LogP contribution in [-0.2, 0) is 9.53 Å². The first-order chi connectivity index (χ1) is 9.95. The molecule has 0 N–H and O–H groups in total. The second-order valence-electron chi connectivity index (χ2n) is 4.48. The van der Waals surface area contributed by atoms with Gasteiger partial charge in [0.15, 0.2) is 5.82 Å². The normalized spacial score (nSPS) is 11.3. The topological polar surface area (TPSA) is 57.0 Å². The van der Waals surface area contributed by atoms with E-state index in [0.717, 1.165) is 5.56 Å². The molecule has 1 aromatic heterocycles. The number of halogens is 2. The molecule has 2 aromatic rings. The van der Waals surface area contributed by atoms with Gasteiger partial charge in [-0.25, -0.2) is 14.5 Å². The summed E-state index contributed by atoms with van der Waals surface area (Å²) in [5, 5.41) is 5.11. The van der Waals surface area contributed by atoms with Gasteiger partial charge in [0.1, 0.15) is 6.33 Å². The summed E-state index contributed by atoms with van der Waals surface area (Å²) < 4.78 is 6.39. The van der Waals surface area contributed by atoms with Crippen LogP contribution in [0.4, 0.5) is 0 Å². The second-order valence-corrected chi connectivity index (χ2v) is 5.29. The molecule has 21 heavy (non-hydrogen) atoms. The van der Waals surface area contributed by atoms with Crippen LogP contribution in [0.3, 0.4) is 0 Å². The molecule has 0 saturated heterocycles. The fourth-order valence-electron chi connectivity index (χ4n) is 1.52. The molecule has 7 heteroatoms. The molecule has 110 valence electrons. The van der Waals surface area contributed by atoms with E-state index in [1.54, 1.807) is 32.0 Å². The predicted octanol–water partition coefficient (Wildman–Crippen LogP) is 3.67. The highest BCUT2D eigenvalue weighted by atomic mass is 35.5. The molecular formula is C14H13Cl2N3O2. The summed E-state index contributed by atoms with van der Waals surface area (Å²) in [6, 6.07) is 5.13. The van der Waals surface area contributed by atoms with E-state index in [2.05, 4.69) is 10.1 Å². The van der Waals surface area contributed by atoms with E-state index in [4.69, 9.17) is 27.9 Å². The van der Waals surface area contributed by atoms with Crippen molar-refractivity contribution in [1.82, 2.24) is 14.8 Å². The number of esters is 1. The molecule has 0 spiro atoms. The lowest BCUT2D eigenvalue weighted by Crippen LogP contribution is -2.08. The number of nitrogens with zero attached hydrogens (tertiary/aromatic N) is 3. The van der Waals surface area contributed by atoms with Gasteiger partial charge in [0.05, 0.1) is 16.1 Å². The summed E-state index contributed by atoms with van der Waals surface area (Å²) in [4.78, 5) is 15.5. The molecule has 0 aliphatic carbocycles. The van der Waals surface area contributed by atoms with Crippen molar-refractivity contribution < 1.29 is 9.53 Å². The molecule has 0 aliphatic heterocycles. The minimum absolute atomic E-state index is 0.162.